The molecule has 0 bridgehead atoms. The highest BCUT2D eigenvalue weighted by atomic mass is 35.5. The van der Waals surface area contributed by atoms with E-state index in [-0.39, 0.29) is 42.7 Å². The molecule has 2 aromatic carbocycles. The van der Waals surface area contributed by atoms with Crippen molar-refractivity contribution >= 4 is 34.4 Å². The Labute approximate surface area is 225 Å². The van der Waals surface area contributed by atoms with Crippen LogP contribution in [0.1, 0.15) is 43.4 Å². The SMILES string of the molecule is CCS(=O)(=O)N[C@@H](CCN1CCC2(CC1)NC(=O)N(Cc1ccc(OC)cc1)C2=O)c1ccccc1.Cl. The molecule has 1 spiro atoms. The van der Waals surface area contributed by atoms with Gasteiger partial charge in [-0.1, -0.05) is 42.5 Å². The second-order valence-corrected chi connectivity index (χ2v) is 11.4. The molecule has 2 aliphatic heterocycles. The number of ether oxygens (including phenoxy) is 1. The number of amides is 3. The van der Waals surface area contributed by atoms with Crippen LogP contribution in [0.25, 0.3) is 0 Å². The third kappa shape index (κ3) is 6.81. The molecule has 11 heteroatoms. The van der Waals surface area contributed by atoms with Gasteiger partial charge >= 0.3 is 6.03 Å². The number of methoxy groups -OCH3 is 1. The highest BCUT2D eigenvalue weighted by molar-refractivity contribution is 7.89. The predicted molar refractivity (Wildman–Crippen MR) is 144 cm³/mol. The van der Waals surface area contributed by atoms with E-state index in [2.05, 4.69) is 14.9 Å². The molecule has 4 rings (SSSR count). The molecule has 2 saturated heterocycles. The van der Waals surface area contributed by atoms with Gasteiger partial charge in [0.05, 0.1) is 19.4 Å². The van der Waals surface area contributed by atoms with Crippen LogP contribution in [0.2, 0.25) is 0 Å². The average Bonchev–Trinajstić information content (AvgIpc) is 3.12. The zero-order valence-corrected chi connectivity index (χ0v) is 22.8. The van der Waals surface area contributed by atoms with Crippen LogP contribution >= 0.6 is 12.4 Å². The van der Waals surface area contributed by atoms with Gasteiger partial charge in [-0.05, 0) is 56.0 Å². The molecule has 0 radical (unpaired) electrons. The topological polar surface area (TPSA) is 108 Å². The number of rotatable bonds is 10. The molecule has 37 heavy (non-hydrogen) atoms. The van der Waals surface area contributed by atoms with Gasteiger partial charge in [-0.2, -0.15) is 0 Å². The lowest BCUT2D eigenvalue weighted by Gasteiger charge is -2.37. The van der Waals surface area contributed by atoms with E-state index in [1.54, 1.807) is 14.0 Å². The van der Waals surface area contributed by atoms with Crippen LogP contribution in [-0.2, 0) is 21.4 Å². The standard InChI is InChI=1S/C26H34N4O5S.ClH/c1-3-36(33,34)28-23(21-7-5-4-6-8-21)13-16-29-17-14-26(15-18-29)24(31)30(25(32)27-26)19-20-9-11-22(35-2)12-10-20;/h4-12,23,28H,3,13-19H2,1-2H3,(H,27,32);1H/t23-;/m0./s1. The van der Waals surface area contributed by atoms with Gasteiger partial charge in [-0.25, -0.2) is 17.9 Å². The number of hydrogen-bond acceptors (Lipinski definition) is 6. The van der Waals surface area contributed by atoms with Gasteiger partial charge in [0.2, 0.25) is 10.0 Å². The molecule has 0 aromatic heterocycles. The summed E-state index contributed by atoms with van der Waals surface area (Å²) in [6.45, 7) is 3.81. The summed E-state index contributed by atoms with van der Waals surface area (Å²) in [5.74, 6) is 0.565. The van der Waals surface area contributed by atoms with Crippen LogP contribution in [0.5, 0.6) is 5.75 Å². The average molecular weight is 551 g/mol. The molecule has 9 nitrogen and oxygen atoms in total. The predicted octanol–water partition coefficient (Wildman–Crippen LogP) is 3.07. The maximum Gasteiger partial charge on any atom is 0.325 e. The first-order valence-corrected chi connectivity index (χ1v) is 13.9. The first-order valence-electron chi connectivity index (χ1n) is 12.3. The number of nitrogens with one attached hydrogen (secondary N) is 2. The molecule has 0 aliphatic carbocycles. The number of likely N-dealkylation sites (tertiary alicyclic amines) is 1. The second-order valence-electron chi connectivity index (χ2n) is 9.37. The van der Waals surface area contributed by atoms with Crippen molar-refractivity contribution in [2.45, 2.75) is 44.3 Å². The normalized spacial score (nSPS) is 18.4. The van der Waals surface area contributed by atoms with E-state index in [9.17, 15) is 18.0 Å². The van der Waals surface area contributed by atoms with Crippen LogP contribution in [0, 0.1) is 0 Å². The van der Waals surface area contributed by atoms with Crippen molar-refractivity contribution in [2.75, 3.05) is 32.5 Å². The summed E-state index contributed by atoms with van der Waals surface area (Å²) >= 11 is 0. The number of hydrogen-bond donors (Lipinski definition) is 2. The Hall–Kier alpha value is -2.66. The van der Waals surface area contributed by atoms with E-state index in [1.165, 1.54) is 4.90 Å². The van der Waals surface area contributed by atoms with Crippen LogP contribution in [-0.4, -0.2) is 68.2 Å². The van der Waals surface area contributed by atoms with Crippen molar-refractivity contribution in [1.82, 2.24) is 19.8 Å². The van der Waals surface area contributed by atoms with E-state index in [0.29, 0.717) is 38.9 Å². The number of halogens is 1. The minimum atomic E-state index is -3.36. The Morgan fingerprint density at radius 3 is 2.30 bits per heavy atom. The Morgan fingerprint density at radius 2 is 1.70 bits per heavy atom. The van der Waals surface area contributed by atoms with Gasteiger partial charge in [0.25, 0.3) is 5.91 Å². The summed E-state index contributed by atoms with van der Waals surface area (Å²) < 4.78 is 32.5. The molecular formula is C26H35ClN4O5S. The number of carbonyl (C=O) groups excluding carboxylic acids is 2. The quantitative estimate of drug-likeness (QED) is 0.440. The van der Waals surface area contributed by atoms with Crippen LogP contribution < -0.4 is 14.8 Å². The molecule has 2 fully saturated rings. The molecule has 3 amide bonds. The monoisotopic (exact) mass is 550 g/mol. The molecule has 1 atom stereocenters. The van der Waals surface area contributed by atoms with Crippen LogP contribution in [0.4, 0.5) is 4.79 Å². The maximum absolute atomic E-state index is 13.3. The molecular weight excluding hydrogens is 516 g/mol. The zero-order chi connectivity index (χ0) is 25.8. The van der Waals surface area contributed by atoms with Crippen molar-refractivity contribution in [2.24, 2.45) is 0 Å². The van der Waals surface area contributed by atoms with Crippen LogP contribution in [0.3, 0.4) is 0 Å². The summed E-state index contributed by atoms with van der Waals surface area (Å²) in [5.41, 5.74) is 0.911. The van der Waals surface area contributed by atoms with E-state index in [0.717, 1.165) is 16.9 Å². The molecule has 2 aromatic rings. The third-order valence-electron chi connectivity index (χ3n) is 7.09. The number of benzene rings is 2. The molecule has 2 N–H and O–H groups in total. The molecule has 0 unspecified atom stereocenters. The lowest BCUT2D eigenvalue weighted by molar-refractivity contribution is -0.133. The fourth-order valence-corrected chi connectivity index (χ4v) is 5.68. The number of sulfonamides is 1. The Balaban J connectivity index is 0.00000380. The largest absolute Gasteiger partial charge is 0.497 e. The number of piperidine rings is 1. The number of nitrogens with zero attached hydrogens (tertiary/aromatic N) is 2. The number of carbonyl (C=O) groups is 2. The highest BCUT2D eigenvalue weighted by Crippen LogP contribution is 2.31. The fourth-order valence-electron chi connectivity index (χ4n) is 4.82. The molecule has 0 saturated carbocycles. The Morgan fingerprint density at radius 1 is 1.05 bits per heavy atom. The van der Waals surface area contributed by atoms with Crippen molar-refractivity contribution in [3.63, 3.8) is 0 Å². The minimum Gasteiger partial charge on any atom is -0.497 e. The van der Waals surface area contributed by atoms with Gasteiger partial charge < -0.3 is 15.0 Å². The van der Waals surface area contributed by atoms with Gasteiger partial charge in [-0.15, -0.1) is 12.4 Å². The summed E-state index contributed by atoms with van der Waals surface area (Å²) in [6.07, 6.45) is 1.65. The molecule has 202 valence electrons. The lowest BCUT2D eigenvalue weighted by atomic mass is 9.87. The summed E-state index contributed by atoms with van der Waals surface area (Å²) in [4.78, 5) is 29.5. The van der Waals surface area contributed by atoms with Gasteiger partial charge in [0.15, 0.2) is 0 Å². The summed E-state index contributed by atoms with van der Waals surface area (Å²) in [5, 5.41) is 2.96. The fraction of sp³-hybridized carbons (Fsp3) is 0.462. The van der Waals surface area contributed by atoms with E-state index in [1.807, 2.05) is 54.6 Å². The van der Waals surface area contributed by atoms with Crippen molar-refractivity contribution in [3.05, 3.63) is 65.7 Å². The lowest BCUT2D eigenvalue weighted by Crippen LogP contribution is -2.55. The minimum absolute atomic E-state index is 0. The van der Waals surface area contributed by atoms with Crippen molar-refractivity contribution in [1.29, 1.82) is 0 Å². The van der Waals surface area contributed by atoms with Gasteiger partial charge in [0, 0.05) is 19.1 Å². The number of imide groups is 1. The third-order valence-corrected chi connectivity index (χ3v) is 8.50. The first-order chi connectivity index (χ1) is 17.2. The summed E-state index contributed by atoms with van der Waals surface area (Å²) in [7, 11) is -1.77. The Bertz CT molecular complexity index is 1170. The molecule has 2 aliphatic rings. The second kappa shape index (κ2) is 12.3. The highest BCUT2D eigenvalue weighted by Gasteiger charge is 2.52. The molecule has 2 heterocycles. The first kappa shape index (κ1) is 28.9. The smallest absolute Gasteiger partial charge is 0.325 e. The van der Waals surface area contributed by atoms with E-state index in [4.69, 9.17) is 4.74 Å². The summed E-state index contributed by atoms with van der Waals surface area (Å²) in [6, 6.07) is 16.2. The maximum atomic E-state index is 13.3. The van der Waals surface area contributed by atoms with Crippen LogP contribution in [0.15, 0.2) is 54.6 Å². The van der Waals surface area contributed by atoms with Crippen molar-refractivity contribution in [3.8, 4) is 5.75 Å². The zero-order valence-electron chi connectivity index (χ0n) is 21.2. The number of urea groups is 1. The Kier molecular flexibility index (Phi) is 9.57. The van der Waals surface area contributed by atoms with E-state index >= 15 is 0 Å². The van der Waals surface area contributed by atoms with Gasteiger partial charge in [0.1, 0.15) is 11.3 Å². The van der Waals surface area contributed by atoms with E-state index < -0.39 is 15.6 Å². The van der Waals surface area contributed by atoms with Gasteiger partial charge in [-0.3, -0.25) is 9.69 Å². The van der Waals surface area contributed by atoms with Crippen molar-refractivity contribution < 1.29 is 22.7 Å².